The van der Waals surface area contributed by atoms with Gasteiger partial charge in [-0.2, -0.15) is 0 Å². The van der Waals surface area contributed by atoms with Crippen LogP contribution in [-0.4, -0.2) is 31.9 Å². The summed E-state index contributed by atoms with van der Waals surface area (Å²) in [5.41, 5.74) is 0. The topological polar surface area (TPSA) is 69.7 Å². The lowest BCUT2D eigenvalue weighted by atomic mass is 10.1. The standard InChI is InChI=1S/C10H16O5/c1-14-9(12)6-4-3-5-8(11)7-10(13)15-2/h3-7H2,1-2H3. The molecule has 0 unspecified atom stereocenters. The van der Waals surface area contributed by atoms with E-state index in [0.29, 0.717) is 25.7 Å². The number of unbranched alkanes of at least 4 members (excludes halogenated alkanes) is 1. The molecule has 0 aliphatic carbocycles. The van der Waals surface area contributed by atoms with Crippen LogP contribution in [0.1, 0.15) is 32.1 Å². The van der Waals surface area contributed by atoms with Crippen LogP contribution in [-0.2, 0) is 23.9 Å². The number of Topliss-reactive ketones (excluding diaryl/α,β-unsaturated/α-hetero) is 1. The molecular weight excluding hydrogens is 200 g/mol. The first-order valence-corrected chi connectivity index (χ1v) is 4.75. The van der Waals surface area contributed by atoms with E-state index in [0.717, 1.165) is 0 Å². The van der Waals surface area contributed by atoms with E-state index in [9.17, 15) is 14.4 Å². The van der Waals surface area contributed by atoms with Gasteiger partial charge in [-0.3, -0.25) is 14.4 Å². The fraction of sp³-hybridized carbons (Fsp3) is 0.700. The highest BCUT2D eigenvalue weighted by Crippen LogP contribution is 2.03. The van der Waals surface area contributed by atoms with Gasteiger partial charge in [-0.15, -0.1) is 0 Å². The van der Waals surface area contributed by atoms with E-state index in [1.165, 1.54) is 14.2 Å². The molecule has 0 aromatic carbocycles. The highest BCUT2D eigenvalue weighted by Gasteiger charge is 2.09. The lowest BCUT2D eigenvalue weighted by Gasteiger charge is -2.00. The summed E-state index contributed by atoms with van der Waals surface area (Å²) in [5, 5.41) is 0. The smallest absolute Gasteiger partial charge is 0.313 e. The second kappa shape index (κ2) is 7.96. The molecule has 0 atom stereocenters. The normalized spacial score (nSPS) is 9.47. The number of hydrogen-bond donors (Lipinski definition) is 0. The van der Waals surface area contributed by atoms with Crippen LogP contribution in [0.15, 0.2) is 0 Å². The van der Waals surface area contributed by atoms with Gasteiger partial charge in [0.1, 0.15) is 12.2 Å². The zero-order valence-electron chi connectivity index (χ0n) is 9.08. The number of esters is 2. The first-order valence-electron chi connectivity index (χ1n) is 4.75. The summed E-state index contributed by atoms with van der Waals surface area (Å²) in [6.07, 6.45) is 1.60. The van der Waals surface area contributed by atoms with Crippen molar-refractivity contribution >= 4 is 17.7 Å². The number of rotatable bonds is 7. The summed E-state index contributed by atoms with van der Waals surface area (Å²) >= 11 is 0. The molecule has 0 aromatic rings. The Morgan fingerprint density at radius 1 is 0.867 bits per heavy atom. The molecule has 0 aliphatic rings. The predicted molar refractivity (Wildman–Crippen MR) is 52.1 cm³/mol. The minimum absolute atomic E-state index is 0.160. The Hall–Kier alpha value is -1.39. The van der Waals surface area contributed by atoms with Gasteiger partial charge in [0.05, 0.1) is 14.2 Å². The second-order valence-corrected chi connectivity index (χ2v) is 3.07. The summed E-state index contributed by atoms with van der Waals surface area (Å²) < 4.78 is 8.79. The third kappa shape index (κ3) is 7.66. The van der Waals surface area contributed by atoms with Crippen molar-refractivity contribution in [3.63, 3.8) is 0 Å². The highest BCUT2D eigenvalue weighted by atomic mass is 16.5. The largest absolute Gasteiger partial charge is 0.469 e. The molecule has 0 spiro atoms. The summed E-state index contributed by atoms with van der Waals surface area (Å²) in [5.74, 6) is -0.963. The molecular formula is C10H16O5. The van der Waals surface area contributed by atoms with Crippen LogP contribution >= 0.6 is 0 Å². The monoisotopic (exact) mass is 216 g/mol. The Morgan fingerprint density at radius 2 is 1.40 bits per heavy atom. The summed E-state index contributed by atoms with van der Waals surface area (Å²) in [4.78, 5) is 32.5. The molecule has 15 heavy (non-hydrogen) atoms. The number of carbonyl (C=O) groups excluding carboxylic acids is 3. The molecule has 5 nitrogen and oxygen atoms in total. The number of carbonyl (C=O) groups is 3. The third-order valence-corrected chi connectivity index (χ3v) is 1.88. The SMILES string of the molecule is COC(=O)CCCCC(=O)CC(=O)OC. The van der Waals surface area contributed by atoms with Crippen LogP contribution in [0.2, 0.25) is 0 Å². The van der Waals surface area contributed by atoms with Crippen molar-refractivity contribution in [1.82, 2.24) is 0 Å². The van der Waals surface area contributed by atoms with Crippen LogP contribution in [0.5, 0.6) is 0 Å². The van der Waals surface area contributed by atoms with Crippen LogP contribution < -0.4 is 0 Å². The molecule has 0 aromatic heterocycles. The minimum Gasteiger partial charge on any atom is -0.469 e. The van der Waals surface area contributed by atoms with Crippen molar-refractivity contribution < 1.29 is 23.9 Å². The molecule has 86 valence electrons. The van der Waals surface area contributed by atoms with Gasteiger partial charge in [-0.25, -0.2) is 0 Å². The molecule has 0 amide bonds. The van der Waals surface area contributed by atoms with Crippen molar-refractivity contribution in [2.24, 2.45) is 0 Å². The molecule has 0 rings (SSSR count). The van der Waals surface area contributed by atoms with Gasteiger partial charge >= 0.3 is 11.9 Å². The average Bonchev–Trinajstić information content (AvgIpc) is 2.23. The van der Waals surface area contributed by atoms with Gasteiger partial charge in [0, 0.05) is 12.8 Å². The lowest BCUT2D eigenvalue weighted by molar-refractivity contribution is -0.144. The summed E-state index contributed by atoms with van der Waals surface area (Å²) in [6, 6.07) is 0. The average molecular weight is 216 g/mol. The molecule has 0 radical (unpaired) electrons. The summed E-state index contributed by atoms with van der Waals surface area (Å²) in [6.45, 7) is 0. The van der Waals surface area contributed by atoms with E-state index in [4.69, 9.17) is 0 Å². The Labute approximate surface area is 88.7 Å². The van der Waals surface area contributed by atoms with Gasteiger partial charge < -0.3 is 9.47 Å². The Morgan fingerprint density at radius 3 is 1.93 bits per heavy atom. The van der Waals surface area contributed by atoms with Crippen LogP contribution in [0.4, 0.5) is 0 Å². The molecule has 0 aliphatic heterocycles. The van der Waals surface area contributed by atoms with Gasteiger partial charge in [-0.05, 0) is 12.8 Å². The zero-order valence-corrected chi connectivity index (χ0v) is 9.08. The molecule has 0 heterocycles. The summed E-state index contributed by atoms with van der Waals surface area (Å²) in [7, 11) is 2.57. The highest BCUT2D eigenvalue weighted by molar-refractivity contribution is 5.95. The first-order chi connectivity index (χ1) is 7.10. The van der Waals surface area contributed by atoms with E-state index >= 15 is 0 Å². The zero-order chi connectivity index (χ0) is 11.7. The predicted octanol–water partition coefficient (Wildman–Crippen LogP) is 0.852. The Balaban J connectivity index is 3.47. The number of hydrogen-bond acceptors (Lipinski definition) is 5. The maximum Gasteiger partial charge on any atom is 0.313 e. The molecule has 0 saturated heterocycles. The van der Waals surface area contributed by atoms with E-state index in [2.05, 4.69) is 9.47 Å². The molecule has 0 N–H and O–H groups in total. The van der Waals surface area contributed by atoms with Gasteiger partial charge in [-0.1, -0.05) is 0 Å². The van der Waals surface area contributed by atoms with Crippen molar-refractivity contribution in [2.75, 3.05) is 14.2 Å². The van der Waals surface area contributed by atoms with Gasteiger partial charge in [0.25, 0.3) is 0 Å². The molecule has 5 heteroatoms. The minimum atomic E-state index is -0.520. The Bertz CT molecular complexity index is 234. The van der Waals surface area contributed by atoms with E-state index in [1.807, 2.05) is 0 Å². The molecule has 0 saturated carbocycles. The van der Waals surface area contributed by atoms with Crippen LogP contribution in [0.25, 0.3) is 0 Å². The van der Waals surface area contributed by atoms with Gasteiger partial charge in [0.2, 0.25) is 0 Å². The van der Waals surface area contributed by atoms with Crippen LogP contribution in [0.3, 0.4) is 0 Å². The Kier molecular flexibility index (Phi) is 7.23. The van der Waals surface area contributed by atoms with E-state index in [1.54, 1.807) is 0 Å². The molecule has 0 fully saturated rings. The number of methoxy groups -OCH3 is 2. The fourth-order valence-electron chi connectivity index (χ4n) is 1.02. The van der Waals surface area contributed by atoms with Crippen molar-refractivity contribution in [1.29, 1.82) is 0 Å². The first kappa shape index (κ1) is 13.6. The lowest BCUT2D eigenvalue weighted by Crippen LogP contribution is -2.09. The van der Waals surface area contributed by atoms with Crippen LogP contribution in [0, 0.1) is 0 Å². The number of ether oxygens (including phenoxy) is 2. The third-order valence-electron chi connectivity index (χ3n) is 1.88. The fourth-order valence-corrected chi connectivity index (χ4v) is 1.02. The van der Waals surface area contributed by atoms with E-state index < -0.39 is 5.97 Å². The maximum absolute atomic E-state index is 11.1. The van der Waals surface area contributed by atoms with Crippen molar-refractivity contribution in [3.05, 3.63) is 0 Å². The second-order valence-electron chi connectivity index (χ2n) is 3.07. The van der Waals surface area contributed by atoms with Crippen molar-refractivity contribution in [3.8, 4) is 0 Å². The van der Waals surface area contributed by atoms with Crippen molar-refractivity contribution in [2.45, 2.75) is 32.1 Å². The van der Waals surface area contributed by atoms with E-state index in [-0.39, 0.29) is 18.2 Å². The quantitative estimate of drug-likeness (QED) is 0.358. The molecule has 0 bridgehead atoms. The van der Waals surface area contributed by atoms with Gasteiger partial charge in [0.15, 0.2) is 0 Å². The maximum atomic E-state index is 11.1. The number of ketones is 1.